The molecule has 40 heavy (non-hydrogen) atoms. The third kappa shape index (κ3) is 6.03. The van der Waals surface area contributed by atoms with Gasteiger partial charge in [0.25, 0.3) is 19.7 Å². The third-order valence-electron chi connectivity index (χ3n) is 6.49. The number of quaternary nitrogens is 1. The minimum atomic E-state index is -6.58. The highest BCUT2D eigenvalue weighted by atomic mass is 32.2. The Hall–Kier alpha value is -2.97. The number of hydrogen-bond donors (Lipinski definition) is 1. The smallest absolute Gasteiger partial charge is 0.299 e. The van der Waals surface area contributed by atoms with E-state index in [0.29, 0.717) is 0 Å². The average Bonchev–Trinajstić information content (AvgIpc) is 3.23. The molecule has 1 N–H and O–H groups in total. The molecule has 1 aliphatic heterocycles. The molecule has 0 saturated heterocycles. The molecule has 6 nitrogen and oxygen atoms in total. The summed E-state index contributed by atoms with van der Waals surface area (Å²) < 4.78 is 127. The van der Waals surface area contributed by atoms with Gasteiger partial charge in [0.15, 0.2) is 0 Å². The van der Waals surface area contributed by atoms with E-state index in [4.69, 9.17) is 5.41 Å². The average molecular weight is 610 g/mol. The molecule has 0 bridgehead atoms. The zero-order valence-corrected chi connectivity index (χ0v) is 23.1. The second-order valence-electron chi connectivity index (χ2n) is 9.53. The summed E-state index contributed by atoms with van der Waals surface area (Å²) in [4.78, 5) is -4.38. The quantitative estimate of drug-likeness (QED) is 0.233. The summed E-state index contributed by atoms with van der Waals surface area (Å²) >= 11 is 0. The second-order valence-corrected chi connectivity index (χ2v) is 13.3. The Labute approximate surface area is 228 Å². The van der Waals surface area contributed by atoms with Gasteiger partial charge in [-0.05, 0) is 53.8 Å². The fourth-order valence-corrected chi connectivity index (χ4v) is 6.81. The number of benzene rings is 1. The van der Waals surface area contributed by atoms with E-state index in [2.05, 4.69) is 38.4 Å². The van der Waals surface area contributed by atoms with E-state index in [9.17, 15) is 43.2 Å². The van der Waals surface area contributed by atoms with E-state index in [1.807, 2.05) is 0 Å². The Kier molecular flexibility index (Phi) is 8.78. The van der Waals surface area contributed by atoms with Crippen molar-refractivity contribution in [3.8, 4) is 0 Å². The highest BCUT2D eigenvalue weighted by Gasteiger charge is 2.57. The van der Waals surface area contributed by atoms with Crippen LogP contribution in [0.5, 0.6) is 0 Å². The predicted octanol–water partition coefficient (Wildman–Crippen LogP) is 6.29. The Bertz CT molecular complexity index is 1560. The van der Waals surface area contributed by atoms with Crippen LogP contribution < -0.4 is 0 Å². The maximum absolute atomic E-state index is 13.0. The van der Waals surface area contributed by atoms with Gasteiger partial charge in [0, 0.05) is 5.57 Å². The number of hydrogen-bond acceptors (Lipinski definition) is 5. The molecule has 2 aliphatic carbocycles. The van der Waals surface area contributed by atoms with Crippen molar-refractivity contribution in [3.63, 3.8) is 0 Å². The van der Waals surface area contributed by atoms with Crippen LogP contribution >= 0.6 is 0 Å². The van der Waals surface area contributed by atoms with Crippen LogP contribution in [-0.4, -0.2) is 58.2 Å². The number of unbranched alkanes of at least 4 members (excludes halogenated alkanes) is 2. The van der Waals surface area contributed by atoms with Gasteiger partial charge in [-0.25, -0.2) is 16.8 Å². The van der Waals surface area contributed by atoms with Crippen molar-refractivity contribution in [3.05, 3.63) is 81.3 Å². The summed E-state index contributed by atoms with van der Waals surface area (Å²) in [6.45, 7) is 4.71. The number of sulfone groups is 2. The molecule has 1 heterocycles. The van der Waals surface area contributed by atoms with E-state index < -0.39 is 51.8 Å². The van der Waals surface area contributed by atoms with Crippen molar-refractivity contribution in [2.75, 3.05) is 20.1 Å². The first-order valence-corrected chi connectivity index (χ1v) is 15.0. The molecular weight excluding hydrogens is 582 g/mol. The number of rotatable bonds is 6. The van der Waals surface area contributed by atoms with Crippen LogP contribution in [0.15, 0.2) is 70.2 Å². The van der Waals surface area contributed by atoms with Gasteiger partial charge in [0.1, 0.15) is 11.4 Å². The highest BCUT2D eigenvalue weighted by Crippen LogP contribution is 2.47. The molecule has 14 heteroatoms. The first-order valence-electron chi connectivity index (χ1n) is 12.1. The van der Waals surface area contributed by atoms with Gasteiger partial charge in [0.2, 0.25) is 0 Å². The van der Waals surface area contributed by atoms with Crippen LogP contribution in [0, 0.1) is 5.41 Å². The van der Waals surface area contributed by atoms with E-state index >= 15 is 0 Å². The summed E-state index contributed by atoms with van der Waals surface area (Å²) in [7, 11) is -10.8. The lowest BCUT2D eigenvalue weighted by Crippen LogP contribution is -2.40. The first kappa shape index (κ1) is 31.6. The van der Waals surface area contributed by atoms with Gasteiger partial charge in [0.05, 0.1) is 30.4 Å². The summed E-state index contributed by atoms with van der Waals surface area (Å²) in [6, 6.07) is 5.69. The summed E-state index contributed by atoms with van der Waals surface area (Å²) in [5.41, 5.74) is -13.9. The van der Waals surface area contributed by atoms with Crippen molar-refractivity contribution >= 4 is 37.0 Å². The van der Waals surface area contributed by atoms with Gasteiger partial charge in [-0.15, -0.1) is 0 Å². The van der Waals surface area contributed by atoms with Gasteiger partial charge in [-0.2, -0.15) is 26.3 Å². The lowest BCUT2D eigenvalue weighted by molar-refractivity contribution is -0.854. The molecule has 0 radical (unpaired) electrons. The standard InChI is InChI=1S/C15H7F6NO4S2.C11H20N/c16-14(17,18)27(23,24)11-6-9-8-4-2-1-3-7(8)5-10(9)12(22)13(11)28(25,26)15(19,20)21;1-3-4-6-9-12(2)10-7-5-8-11-12/h1-6,22H;5,7-8,10H,3-4,6,9,11H2,1-2H3/q;+1. The molecule has 0 saturated carbocycles. The minimum absolute atomic E-state index is 0.153. The van der Waals surface area contributed by atoms with Crippen LogP contribution in [-0.2, 0) is 19.7 Å². The second kappa shape index (κ2) is 11.1. The zero-order valence-electron chi connectivity index (χ0n) is 21.5. The molecular formula is C26H27F6N2O4S2+. The number of likely N-dealkylation sites (N-methyl/N-ethyl adjacent to an activating group) is 1. The number of fused-ring (bicyclic) bond motifs is 3. The van der Waals surface area contributed by atoms with Gasteiger partial charge < -0.3 is 0 Å². The topological polar surface area (TPSA) is 92.1 Å². The van der Waals surface area contributed by atoms with Crippen LogP contribution in [0.2, 0.25) is 0 Å². The number of nitrogens with zero attached hydrogens (tertiary/aromatic N) is 1. The van der Waals surface area contributed by atoms with Gasteiger partial charge in [-0.1, -0.05) is 43.7 Å². The molecule has 1 aromatic carbocycles. The Morgan fingerprint density at radius 2 is 1.50 bits per heavy atom. The molecule has 1 unspecified atom stereocenters. The van der Waals surface area contributed by atoms with Gasteiger partial charge in [-0.3, -0.25) is 9.89 Å². The first-order chi connectivity index (χ1) is 18.4. The van der Waals surface area contributed by atoms with Crippen LogP contribution in [0.4, 0.5) is 26.3 Å². The third-order valence-corrected chi connectivity index (χ3v) is 9.70. The van der Waals surface area contributed by atoms with Crippen molar-refractivity contribution in [2.45, 2.75) is 37.2 Å². The molecule has 0 fully saturated rings. The molecule has 1 atom stereocenters. The van der Waals surface area contributed by atoms with Crippen molar-refractivity contribution < 1.29 is 47.7 Å². The molecule has 0 spiro atoms. The Morgan fingerprint density at radius 1 is 0.875 bits per heavy atom. The zero-order chi connectivity index (χ0) is 30.1. The Morgan fingerprint density at radius 3 is 2.05 bits per heavy atom. The number of nitrogens with one attached hydrogen (secondary N) is 1. The fourth-order valence-electron chi connectivity index (χ4n) is 4.35. The van der Waals surface area contributed by atoms with E-state index in [1.165, 1.54) is 56.6 Å². The number of alkyl halides is 6. The van der Waals surface area contributed by atoms with Crippen LogP contribution in [0.3, 0.4) is 0 Å². The van der Waals surface area contributed by atoms with Crippen LogP contribution in [0.1, 0.15) is 37.3 Å². The maximum Gasteiger partial charge on any atom is 0.502 e. The number of halogens is 6. The lowest BCUT2D eigenvalue weighted by Gasteiger charge is -2.30. The Balaban J connectivity index is 0.000000307. The molecule has 4 rings (SSSR count). The number of allylic oxidation sites excluding steroid dienone is 6. The minimum Gasteiger partial charge on any atom is -0.299 e. The monoisotopic (exact) mass is 609 g/mol. The molecule has 0 aromatic heterocycles. The largest absolute Gasteiger partial charge is 0.502 e. The van der Waals surface area contributed by atoms with E-state index in [-0.39, 0.29) is 22.8 Å². The maximum atomic E-state index is 13.0. The van der Waals surface area contributed by atoms with Crippen molar-refractivity contribution in [1.82, 2.24) is 0 Å². The molecule has 1 aromatic rings. The normalized spacial score (nSPS) is 20.9. The van der Waals surface area contributed by atoms with Crippen molar-refractivity contribution in [1.29, 1.82) is 5.41 Å². The lowest BCUT2D eigenvalue weighted by atomic mass is 9.95. The molecule has 3 aliphatic rings. The SMILES string of the molecule is CCCCC[N+]1(C)C=CC=CC1.N=C1C2=Cc3ccccc3C2=CC(S(=O)(=O)C(F)(F)F)=C1S(=O)(=O)C(F)(F)F. The van der Waals surface area contributed by atoms with Gasteiger partial charge >= 0.3 is 11.0 Å². The summed E-state index contributed by atoms with van der Waals surface area (Å²) in [5.74, 6) is 0. The predicted molar refractivity (Wildman–Crippen MR) is 141 cm³/mol. The summed E-state index contributed by atoms with van der Waals surface area (Å²) in [5, 5.41) is 7.82. The molecule has 218 valence electrons. The highest BCUT2D eigenvalue weighted by molar-refractivity contribution is 8.00. The van der Waals surface area contributed by atoms with Crippen LogP contribution in [0.25, 0.3) is 11.6 Å². The summed E-state index contributed by atoms with van der Waals surface area (Å²) in [6.07, 6.45) is 14.2. The van der Waals surface area contributed by atoms with E-state index in [1.54, 1.807) is 0 Å². The molecule has 0 amide bonds. The van der Waals surface area contributed by atoms with E-state index in [0.717, 1.165) is 10.6 Å². The fraction of sp³-hybridized carbons (Fsp3) is 0.346. The van der Waals surface area contributed by atoms with Crippen molar-refractivity contribution in [2.24, 2.45) is 0 Å².